The number of unbranched alkanes of at least 4 members (excludes halogenated alkanes) is 2. The number of benzene rings is 2. The third-order valence-corrected chi connectivity index (χ3v) is 3.69. The molecule has 0 N–H and O–H groups in total. The highest BCUT2D eigenvalue weighted by Gasteiger charge is 2.42. The van der Waals surface area contributed by atoms with Crippen molar-refractivity contribution in [2.75, 3.05) is 0 Å². The van der Waals surface area contributed by atoms with E-state index in [9.17, 15) is 18.0 Å². The second kappa shape index (κ2) is 7.49. The molecule has 23 heavy (non-hydrogen) atoms. The molecule has 2 nitrogen and oxygen atoms in total. The first kappa shape index (κ1) is 17.3. The summed E-state index contributed by atoms with van der Waals surface area (Å²) in [5, 5.41) is 1.38. The van der Waals surface area contributed by atoms with Gasteiger partial charge in [-0.05, 0) is 29.7 Å². The number of carbonyl (C=O) groups is 1. The standard InChI is InChI=1S/C18H19F3O2/c1-2-3-4-12-16(18(19,20)21)23-17(22)15-11-7-9-13-8-5-6-10-14(13)15/h5-11,16H,2-4,12H2,1H3/t16-/m1/s1. The minimum atomic E-state index is -4.55. The predicted molar refractivity (Wildman–Crippen MR) is 83.3 cm³/mol. The molecule has 0 aromatic heterocycles. The van der Waals surface area contributed by atoms with Gasteiger partial charge in [0.25, 0.3) is 0 Å². The van der Waals surface area contributed by atoms with Crippen LogP contribution < -0.4 is 0 Å². The highest BCUT2D eigenvalue weighted by molar-refractivity contribution is 6.04. The summed E-state index contributed by atoms with van der Waals surface area (Å²) in [4.78, 5) is 12.2. The molecule has 0 unspecified atom stereocenters. The third-order valence-electron chi connectivity index (χ3n) is 3.69. The molecule has 2 aromatic carbocycles. The molecular formula is C18H19F3O2. The lowest BCUT2D eigenvalue weighted by Crippen LogP contribution is -2.34. The highest BCUT2D eigenvalue weighted by Crippen LogP contribution is 2.29. The normalized spacial score (nSPS) is 13.0. The summed E-state index contributed by atoms with van der Waals surface area (Å²) in [6.45, 7) is 1.91. The molecule has 0 amide bonds. The SMILES string of the molecule is CCCCC[C@@H](OC(=O)c1cccc2ccccc12)C(F)(F)F. The van der Waals surface area contributed by atoms with Crippen LogP contribution in [0.1, 0.15) is 43.0 Å². The minimum absolute atomic E-state index is 0.160. The second-order valence-corrected chi connectivity index (χ2v) is 5.46. The molecule has 0 aliphatic rings. The Morgan fingerprint density at radius 3 is 2.48 bits per heavy atom. The number of ether oxygens (including phenoxy) is 1. The van der Waals surface area contributed by atoms with Gasteiger partial charge in [0.1, 0.15) is 0 Å². The van der Waals surface area contributed by atoms with Crippen LogP contribution in [0.25, 0.3) is 10.8 Å². The zero-order valence-electron chi connectivity index (χ0n) is 12.9. The van der Waals surface area contributed by atoms with Crippen molar-refractivity contribution in [3.63, 3.8) is 0 Å². The van der Waals surface area contributed by atoms with Gasteiger partial charge in [-0.1, -0.05) is 56.2 Å². The van der Waals surface area contributed by atoms with Gasteiger partial charge in [-0.2, -0.15) is 13.2 Å². The van der Waals surface area contributed by atoms with Gasteiger partial charge < -0.3 is 4.74 Å². The maximum absolute atomic E-state index is 13.1. The lowest BCUT2D eigenvalue weighted by molar-refractivity contribution is -0.206. The number of fused-ring (bicyclic) bond motifs is 1. The molecule has 0 saturated carbocycles. The smallest absolute Gasteiger partial charge is 0.425 e. The van der Waals surface area contributed by atoms with E-state index in [0.717, 1.165) is 11.8 Å². The number of alkyl halides is 3. The van der Waals surface area contributed by atoms with E-state index in [1.165, 1.54) is 6.07 Å². The van der Waals surface area contributed by atoms with Crippen LogP contribution >= 0.6 is 0 Å². The molecule has 0 bridgehead atoms. The number of rotatable bonds is 6. The Bertz CT molecular complexity index is 659. The van der Waals surface area contributed by atoms with E-state index in [1.807, 2.05) is 6.92 Å². The summed E-state index contributed by atoms with van der Waals surface area (Å²) in [7, 11) is 0. The first-order chi connectivity index (χ1) is 10.9. The molecule has 0 radical (unpaired) electrons. The third kappa shape index (κ3) is 4.47. The van der Waals surface area contributed by atoms with Gasteiger partial charge in [0.15, 0.2) is 6.10 Å². The first-order valence-corrected chi connectivity index (χ1v) is 7.69. The van der Waals surface area contributed by atoms with Crippen molar-refractivity contribution in [1.82, 2.24) is 0 Å². The van der Waals surface area contributed by atoms with Gasteiger partial charge in [0.2, 0.25) is 0 Å². The van der Waals surface area contributed by atoms with E-state index in [0.29, 0.717) is 18.2 Å². The van der Waals surface area contributed by atoms with E-state index >= 15 is 0 Å². The van der Waals surface area contributed by atoms with Gasteiger partial charge in [-0.25, -0.2) is 4.79 Å². The van der Waals surface area contributed by atoms with Gasteiger partial charge >= 0.3 is 12.1 Å². The van der Waals surface area contributed by atoms with Crippen LogP contribution in [0.4, 0.5) is 13.2 Å². The zero-order valence-corrected chi connectivity index (χ0v) is 12.9. The summed E-state index contributed by atoms with van der Waals surface area (Å²) >= 11 is 0. The first-order valence-electron chi connectivity index (χ1n) is 7.69. The fourth-order valence-electron chi connectivity index (χ4n) is 2.47. The number of hydrogen-bond acceptors (Lipinski definition) is 2. The van der Waals surface area contributed by atoms with E-state index in [2.05, 4.69) is 0 Å². The van der Waals surface area contributed by atoms with Gasteiger partial charge in [-0.3, -0.25) is 0 Å². The predicted octanol–water partition coefficient (Wildman–Crippen LogP) is 5.51. The van der Waals surface area contributed by atoms with E-state index < -0.39 is 18.2 Å². The highest BCUT2D eigenvalue weighted by atomic mass is 19.4. The van der Waals surface area contributed by atoms with Gasteiger partial charge in [0.05, 0.1) is 5.56 Å². The van der Waals surface area contributed by atoms with Crippen molar-refractivity contribution in [2.45, 2.75) is 44.9 Å². The van der Waals surface area contributed by atoms with E-state index in [4.69, 9.17) is 4.74 Å². The van der Waals surface area contributed by atoms with Crippen LogP contribution in [0, 0.1) is 0 Å². The molecule has 0 aliphatic carbocycles. The summed E-state index contributed by atoms with van der Waals surface area (Å²) in [6.07, 6.45) is -4.94. The quantitative estimate of drug-likeness (QED) is 0.517. The number of esters is 1. The van der Waals surface area contributed by atoms with Crippen LogP contribution in [-0.4, -0.2) is 18.2 Å². The van der Waals surface area contributed by atoms with Crippen molar-refractivity contribution in [2.24, 2.45) is 0 Å². The Kier molecular flexibility index (Phi) is 5.64. The lowest BCUT2D eigenvalue weighted by Gasteiger charge is -2.21. The molecule has 0 heterocycles. The minimum Gasteiger partial charge on any atom is -0.449 e. The molecule has 2 rings (SSSR count). The number of halogens is 3. The average molecular weight is 324 g/mol. The average Bonchev–Trinajstić information content (AvgIpc) is 2.52. The fraction of sp³-hybridized carbons (Fsp3) is 0.389. The maximum atomic E-state index is 13.1. The Morgan fingerprint density at radius 2 is 1.78 bits per heavy atom. The monoisotopic (exact) mass is 324 g/mol. The Morgan fingerprint density at radius 1 is 1.09 bits per heavy atom. The summed E-state index contributed by atoms with van der Waals surface area (Å²) in [6, 6.07) is 12.0. The van der Waals surface area contributed by atoms with Crippen molar-refractivity contribution in [3.8, 4) is 0 Å². The van der Waals surface area contributed by atoms with Crippen LogP contribution in [0.3, 0.4) is 0 Å². The van der Waals surface area contributed by atoms with Crippen LogP contribution in [0.2, 0.25) is 0 Å². The van der Waals surface area contributed by atoms with Crippen molar-refractivity contribution in [1.29, 1.82) is 0 Å². The molecule has 0 spiro atoms. The molecule has 0 fully saturated rings. The lowest BCUT2D eigenvalue weighted by atomic mass is 10.0. The van der Waals surface area contributed by atoms with Gasteiger partial charge in [-0.15, -0.1) is 0 Å². The Labute approximate surface area is 133 Å². The summed E-state index contributed by atoms with van der Waals surface area (Å²) in [5.74, 6) is -0.930. The van der Waals surface area contributed by atoms with E-state index in [-0.39, 0.29) is 12.0 Å². The fourth-order valence-corrected chi connectivity index (χ4v) is 2.47. The molecule has 5 heteroatoms. The largest absolute Gasteiger partial charge is 0.449 e. The summed E-state index contributed by atoms with van der Waals surface area (Å²) < 4.78 is 44.0. The van der Waals surface area contributed by atoms with Crippen LogP contribution in [-0.2, 0) is 4.74 Å². The molecule has 0 aliphatic heterocycles. The second-order valence-electron chi connectivity index (χ2n) is 5.46. The summed E-state index contributed by atoms with van der Waals surface area (Å²) in [5.41, 5.74) is 0.160. The zero-order chi connectivity index (χ0) is 16.9. The van der Waals surface area contributed by atoms with Crippen molar-refractivity contribution >= 4 is 16.7 Å². The number of hydrogen-bond donors (Lipinski definition) is 0. The van der Waals surface area contributed by atoms with Gasteiger partial charge in [0, 0.05) is 0 Å². The molecule has 0 saturated heterocycles. The molecule has 1 atom stereocenters. The Balaban J connectivity index is 2.20. The van der Waals surface area contributed by atoms with Crippen LogP contribution in [0.5, 0.6) is 0 Å². The maximum Gasteiger partial charge on any atom is 0.425 e. The molecule has 124 valence electrons. The number of carbonyl (C=O) groups excluding carboxylic acids is 1. The molecular weight excluding hydrogens is 305 g/mol. The van der Waals surface area contributed by atoms with Crippen LogP contribution in [0.15, 0.2) is 42.5 Å². The topological polar surface area (TPSA) is 26.3 Å². The van der Waals surface area contributed by atoms with Crippen molar-refractivity contribution < 1.29 is 22.7 Å². The molecule has 2 aromatic rings. The Hall–Kier alpha value is -2.04. The van der Waals surface area contributed by atoms with Crippen molar-refractivity contribution in [3.05, 3.63) is 48.0 Å². The van der Waals surface area contributed by atoms with E-state index in [1.54, 1.807) is 36.4 Å².